The van der Waals surface area contributed by atoms with Crippen LogP contribution in [0.5, 0.6) is 5.75 Å². The standard InChI is InChI=1S/C23H26N2O7S/c1-30-21-8-3-2-7-20(21)25-15-18(14-22(25)26)23(27)32-16-17-5-4-6-19(13-17)33(28,29)24-9-11-31-12-10-24/h2-8,13,18H,9-12,14-16H2,1H3. The van der Waals surface area contributed by atoms with Crippen molar-refractivity contribution >= 4 is 27.6 Å². The monoisotopic (exact) mass is 474 g/mol. The van der Waals surface area contributed by atoms with Gasteiger partial charge in [-0.1, -0.05) is 24.3 Å². The molecule has 0 N–H and O–H groups in total. The lowest BCUT2D eigenvalue weighted by Gasteiger charge is -2.26. The number of hydrogen-bond acceptors (Lipinski definition) is 7. The molecule has 1 unspecified atom stereocenters. The molecular weight excluding hydrogens is 448 g/mol. The van der Waals surface area contributed by atoms with Gasteiger partial charge in [-0.3, -0.25) is 9.59 Å². The Morgan fingerprint density at radius 1 is 1.12 bits per heavy atom. The van der Waals surface area contributed by atoms with Gasteiger partial charge in [-0.25, -0.2) is 8.42 Å². The number of anilines is 1. The molecule has 0 saturated carbocycles. The summed E-state index contributed by atoms with van der Waals surface area (Å²) < 4.78 is 43.1. The van der Waals surface area contributed by atoms with Gasteiger partial charge in [-0.15, -0.1) is 0 Å². The maximum absolute atomic E-state index is 12.9. The average molecular weight is 475 g/mol. The maximum Gasteiger partial charge on any atom is 0.311 e. The normalized spacial score (nSPS) is 19.5. The van der Waals surface area contributed by atoms with Gasteiger partial charge in [-0.05, 0) is 29.8 Å². The van der Waals surface area contributed by atoms with E-state index < -0.39 is 21.9 Å². The van der Waals surface area contributed by atoms with Gasteiger partial charge < -0.3 is 19.1 Å². The van der Waals surface area contributed by atoms with Crippen molar-refractivity contribution in [1.82, 2.24) is 4.31 Å². The summed E-state index contributed by atoms with van der Waals surface area (Å²) in [7, 11) is -2.11. The van der Waals surface area contributed by atoms with Gasteiger partial charge in [0.25, 0.3) is 0 Å². The van der Waals surface area contributed by atoms with Gasteiger partial charge in [0, 0.05) is 26.1 Å². The summed E-state index contributed by atoms with van der Waals surface area (Å²) in [6.07, 6.45) is 0.0440. The third kappa shape index (κ3) is 5.02. The number of para-hydroxylation sites is 2. The minimum atomic E-state index is -3.64. The van der Waals surface area contributed by atoms with Gasteiger partial charge in [0.2, 0.25) is 15.9 Å². The Morgan fingerprint density at radius 3 is 2.64 bits per heavy atom. The van der Waals surface area contributed by atoms with E-state index in [0.717, 1.165) is 0 Å². The number of ether oxygens (including phenoxy) is 3. The first-order chi connectivity index (χ1) is 15.9. The predicted octanol–water partition coefficient (Wildman–Crippen LogP) is 1.81. The van der Waals surface area contributed by atoms with Crippen molar-refractivity contribution in [3.8, 4) is 5.75 Å². The van der Waals surface area contributed by atoms with Crippen LogP contribution in [0.2, 0.25) is 0 Å². The predicted molar refractivity (Wildman–Crippen MR) is 119 cm³/mol. The fourth-order valence-corrected chi connectivity index (χ4v) is 5.43. The Hall–Kier alpha value is -2.95. The number of carbonyl (C=O) groups excluding carboxylic acids is 2. The molecule has 2 aliphatic rings. The van der Waals surface area contributed by atoms with E-state index in [-0.39, 0.29) is 30.4 Å². The second kappa shape index (κ2) is 9.90. The topological polar surface area (TPSA) is 102 Å². The third-order valence-corrected chi connectivity index (χ3v) is 7.62. The number of methoxy groups -OCH3 is 1. The number of nitrogens with zero attached hydrogens (tertiary/aromatic N) is 2. The second-order valence-electron chi connectivity index (χ2n) is 7.85. The number of rotatable bonds is 7. The molecule has 2 saturated heterocycles. The largest absolute Gasteiger partial charge is 0.495 e. The third-order valence-electron chi connectivity index (χ3n) is 5.72. The molecule has 10 heteroatoms. The summed E-state index contributed by atoms with van der Waals surface area (Å²) in [5, 5.41) is 0. The molecule has 33 heavy (non-hydrogen) atoms. The molecular formula is C23H26N2O7S. The number of hydrogen-bond donors (Lipinski definition) is 0. The van der Waals surface area contributed by atoms with Gasteiger partial charge in [0.05, 0.1) is 36.8 Å². The number of morpholine rings is 1. The van der Waals surface area contributed by atoms with Crippen molar-refractivity contribution in [2.45, 2.75) is 17.9 Å². The molecule has 0 aliphatic carbocycles. The summed E-state index contributed by atoms with van der Waals surface area (Å²) in [5.41, 5.74) is 1.17. The van der Waals surface area contributed by atoms with Crippen LogP contribution in [-0.4, -0.2) is 64.6 Å². The van der Waals surface area contributed by atoms with Crippen LogP contribution in [0.15, 0.2) is 53.4 Å². The van der Waals surface area contributed by atoms with Crippen molar-refractivity contribution in [2.75, 3.05) is 44.9 Å². The minimum absolute atomic E-state index is 0.0440. The lowest BCUT2D eigenvalue weighted by Crippen LogP contribution is -2.40. The zero-order chi connectivity index (χ0) is 23.4. The first-order valence-electron chi connectivity index (χ1n) is 10.7. The quantitative estimate of drug-likeness (QED) is 0.564. The van der Waals surface area contributed by atoms with E-state index in [2.05, 4.69) is 0 Å². The molecule has 1 atom stereocenters. The molecule has 1 amide bonds. The minimum Gasteiger partial charge on any atom is -0.495 e. The van der Waals surface area contributed by atoms with Crippen LogP contribution in [0.3, 0.4) is 0 Å². The highest BCUT2D eigenvalue weighted by Crippen LogP contribution is 2.33. The van der Waals surface area contributed by atoms with Crippen LogP contribution in [-0.2, 0) is 35.7 Å². The van der Waals surface area contributed by atoms with Gasteiger partial charge in [-0.2, -0.15) is 4.31 Å². The molecule has 0 bridgehead atoms. The van der Waals surface area contributed by atoms with E-state index in [0.29, 0.717) is 43.3 Å². The van der Waals surface area contributed by atoms with Crippen molar-refractivity contribution in [3.05, 3.63) is 54.1 Å². The first kappa shape index (κ1) is 23.2. The van der Waals surface area contributed by atoms with E-state index in [4.69, 9.17) is 14.2 Å². The average Bonchev–Trinajstić information content (AvgIpc) is 3.24. The zero-order valence-corrected chi connectivity index (χ0v) is 19.1. The molecule has 2 fully saturated rings. The summed E-state index contributed by atoms with van der Waals surface area (Å²) in [6.45, 7) is 1.46. The van der Waals surface area contributed by atoms with Crippen molar-refractivity contribution in [2.24, 2.45) is 5.92 Å². The summed E-state index contributed by atoms with van der Waals surface area (Å²) in [5.74, 6) is -0.733. The number of carbonyl (C=O) groups is 2. The lowest BCUT2D eigenvalue weighted by atomic mass is 10.1. The highest BCUT2D eigenvalue weighted by atomic mass is 32.2. The number of amides is 1. The Balaban J connectivity index is 1.39. The van der Waals surface area contributed by atoms with E-state index >= 15 is 0 Å². The van der Waals surface area contributed by atoms with Crippen LogP contribution >= 0.6 is 0 Å². The Bertz CT molecular complexity index is 1130. The molecule has 9 nitrogen and oxygen atoms in total. The molecule has 2 aromatic carbocycles. The Morgan fingerprint density at radius 2 is 1.88 bits per heavy atom. The van der Waals surface area contributed by atoms with Crippen LogP contribution in [0.4, 0.5) is 5.69 Å². The van der Waals surface area contributed by atoms with Crippen LogP contribution < -0.4 is 9.64 Å². The number of benzene rings is 2. The summed E-state index contributed by atoms with van der Waals surface area (Å²) in [4.78, 5) is 26.8. The van der Waals surface area contributed by atoms with Crippen LogP contribution in [0, 0.1) is 5.92 Å². The van der Waals surface area contributed by atoms with E-state index in [9.17, 15) is 18.0 Å². The second-order valence-corrected chi connectivity index (χ2v) is 9.79. The number of sulfonamides is 1. The summed E-state index contributed by atoms with van der Waals surface area (Å²) in [6, 6.07) is 13.5. The SMILES string of the molecule is COc1ccccc1N1CC(C(=O)OCc2cccc(S(=O)(=O)N3CCOCC3)c2)CC1=O. The molecule has 0 radical (unpaired) electrons. The zero-order valence-electron chi connectivity index (χ0n) is 18.3. The Kier molecular flexibility index (Phi) is 6.96. The Labute approximate surface area is 192 Å². The van der Waals surface area contributed by atoms with Crippen molar-refractivity contribution in [1.29, 1.82) is 0 Å². The fraction of sp³-hybridized carbons (Fsp3) is 0.391. The molecule has 0 aromatic heterocycles. The molecule has 176 valence electrons. The highest BCUT2D eigenvalue weighted by molar-refractivity contribution is 7.89. The van der Waals surface area contributed by atoms with Gasteiger partial charge in [0.1, 0.15) is 12.4 Å². The lowest BCUT2D eigenvalue weighted by molar-refractivity contribution is -0.149. The van der Waals surface area contributed by atoms with Crippen LogP contribution in [0.1, 0.15) is 12.0 Å². The first-order valence-corrected chi connectivity index (χ1v) is 12.1. The van der Waals surface area contributed by atoms with E-state index in [1.54, 1.807) is 30.3 Å². The fourth-order valence-electron chi connectivity index (χ4n) is 3.96. The molecule has 2 heterocycles. The highest BCUT2D eigenvalue weighted by Gasteiger charge is 2.37. The molecule has 4 rings (SSSR count). The maximum atomic E-state index is 12.9. The van der Waals surface area contributed by atoms with E-state index in [1.807, 2.05) is 6.07 Å². The van der Waals surface area contributed by atoms with Crippen molar-refractivity contribution in [3.63, 3.8) is 0 Å². The summed E-state index contributed by atoms with van der Waals surface area (Å²) >= 11 is 0. The molecule has 2 aromatic rings. The van der Waals surface area contributed by atoms with Gasteiger partial charge in [0.15, 0.2) is 0 Å². The van der Waals surface area contributed by atoms with E-state index in [1.165, 1.54) is 28.4 Å². The van der Waals surface area contributed by atoms with Crippen molar-refractivity contribution < 1.29 is 32.2 Å². The van der Waals surface area contributed by atoms with Crippen LogP contribution in [0.25, 0.3) is 0 Å². The van der Waals surface area contributed by atoms with Gasteiger partial charge >= 0.3 is 5.97 Å². The molecule has 2 aliphatic heterocycles. The smallest absolute Gasteiger partial charge is 0.311 e. The number of esters is 1. The molecule has 0 spiro atoms.